The van der Waals surface area contributed by atoms with Gasteiger partial charge in [0.15, 0.2) is 0 Å². The lowest BCUT2D eigenvalue weighted by Crippen LogP contribution is -2.49. The summed E-state index contributed by atoms with van der Waals surface area (Å²) >= 11 is 0. The van der Waals surface area contributed by atoms with E-state index in [0.29, 0.717) is 6.04 Å². The van der Waals surface area contributed by atoms with Gasteiger partial charge in [0.1, 0.15) is 0 Å². The second-order valence-corrected chi connectivity index (χ2v) is 6.78. The molecule has 3 aliphatic rings. The maximum absolute atomic E-state index is 6.17. The summed E-state index contributed by atoms with van der Waals surface area (Å²) in [6, 6.07) is 0.703. The van der Waals surface area contributed by atoms with Crippen LogP contribution in [0, 0.1) is 0 Å². The SMILES string of the molecule is C1CCC2(CC1)CC(NCCN1CCCC1)CCO2. The van der Waals surface area contributed by atoms with Gasteiger partial charge < -0.3 is 15.0 Å². The average molecular weight is 266 g/mol. The lowest BCUT2D eigenvalue weighted by atomic mass is 9.78. The molecule has 0 bridgehead atoms. The van der Waals surface area contributed by atoms with Crippen molar-refractivity contribution < 1.29 is 4.74 Å². The van der Waals surface area contributed by atoms with Crippen molar-refractivity contribution in [3.05, 3.63) is 0 Å². The van der Waals surface area contributed by atoms with Gasteiger partial charge in [-0.25, -0.2) is 0 Å². The lowest BCUT2D eigenvalue weighted by molar-refractivity contribution is -0.109. The van der Waals surface area contributed by atoms with E-state index in [1.165, 1.54) is 84.0 Å². The molecule has 0 aromatic carbocycles. The van der Waals surface area contributed by atoms with Crippen molar-refractivity contribution in [2.24, 2.45) is 0 Å². The highest BCUT2D eigenvalue weighted by Crippen LogP contribution is 2.38. The van der Waals surface area contributed by atoms with E-state index in [9.17, 15) is 0 Å². The van der Waals surface area contributed by atoms with Crippen LogP contribution in [0.4, 0.5) is 0 Å². The molecule has 3 fully saturated rings. The molecule has 3 nitrogen and oxygen atoms in total. The van der Waals surface area contributed by atoms with E-state index >= 15 is 0 Å². The monoisotopic (exact) mass is 266 g/mol. The Labute approximate surface area is 118 Å². The molecule has 1 atom stereocenters. The fourth-order valence-corrected chi connectivity index (χ4v) is 4.18. The summed E-state index contributed by atoms with van der Waals surface area (Å²) < 4.78 is 6.17. The smallest absolute Gasteiger partial charge is 0.0697 e. The molecule has 0 aromatic rings. The summed E-state index contributed by atoms with van der Waals surface area (Å²) in [4.78, 5) is 2.60. The van der Waals surface area contributed by atoms with Crippen LogP contribution in [0.2, 0.25) is 0 Å². The van der Waals surface area contributed by atoms with Crippen LogP contribution < -0.4 is 5.32 Å². The molecule has 19 heavy (non-hydrogen) atoms. The van der Waals surface area contributed by atoms with Gasteiger partial charge in [-0.1, -0.05) is 19.3 Å². The first-order chi connectivity index (χ1) is 9.36. The molecule has 1 N–H and O–H groups in total. The highest BCUT2D eigenvalue weighted by atomic mass is 16.5. The topological polar surface area (TPSA) is 24.5 Å². The zero-order valence-corrected chi connectivity index (χ0v) is 12.3. The first kappa shape index (κ1) is 13.8. The Bertz CT molecular complexity index is 264. The minimum atomic E-state index is 0.252. The largest absolute Gasteiger partial charge is 0.375 e. The predicted octanol–water partition coefficient (Wildman–Crippen LogP) is 2.55. The van der Waals surface area contributed by atoms with Crippen LogP contribution in [0.3, 0.4) is 0 Å². The van der Waals surface area contributed by atoms with E-state index in [1.807, 2.05) is 0 Å². The van der Waals surface area contributed by atoms with E-state index in [-0.39, 0.29) is 5.60 Å². The number of likely N-dealkylation sites (tertiary alicyclic amines) is 1. The molecule has 0 aromatic heterocycles. The zero-order chi connectivity index (χ0) is 13.0. The second kappa shape index (κ2) is 6.55. The maximum atomic E-state index is 6.17. The van der Waals surface area contributed by atoms with Crippen LogP contribution in [0.15, 0.2) is 0 Å². The summed E-state index contributed by atoms with van der Waals surface area (Å²) in [5, 5.41) is 3.80. The summed E-state index contributed by atoms with van der Waals surface area (Å²) in [6.07, 6.45) is 12.0. The third kappa shape index (κ3) is 3.71. The molecule has 1 aliphatic carbocycles. The van der Waals surface area contributed by atoms with Gasteiger partial charge in [0.05, 0.1) is 5.60 Å². The molecule has 3 rings (SSSR count). The van der Waals surface area contributed by atoms with E-state index in [4.69, 9.17) is 4.74 Å². The van der Waals surface area contributed by atoms with E-state index in [1.54, 1.807) is 0 Å². The summed E-state index contributed by atoms with van der Waals surface area (Å²) in [6.45, 7) is 6.02. The third-order valence-corrected chi connectivity index (χ3v) is 5.32. The third-order valence-electron chi connectivity index (χ3n) is 5.32. The minimum absolute atomic E-state index is 0.252. The van der Waals surface area contributed by atoms with E-state index < -0.39 is 0 Å². The Morgan fingerprint density at radius 3 is 2.63 bits per heavy atom. The number of nitrogens with one attached hydrogen (secondary N) is 1. The molecule has 0 amide bonds. The Morgan fingerprint density at radius 2 is 1.84 bits per heavy atom. The van der Waals surface area contributed by atoms with Gasteiger partial charge in [-0.15, -0.1) is 0 Å². The first-order valence-electron chi connectivity index (χ1n) is 8.46. The minimum Gasteiger partial charge on any atom is -0.375 e. The number of rotatable bonds is 4. The summed E-state index contributed by atoms with van der Waals surface area (Å²) in [7, 11) is 0. The molecule has 110 valence electrons. The molecule has 1 spiro atoms. The molecular weight excluding hydrogens is 236 g/mol. The van der Waals surface area contributed by atoms with Gasteiger partial charge in [0, 0.05) is 25.7 Å². The van der Waals surface area contributed by atoms with Crippen molar-refractivity contribution in [1.29, 1.82) is 0 Å². The van der Waals surface area contributed by atoms with Gasteiger partial charge in [-0.05, 0) is 51.6 Å². The van der Waals surface area contributed by atoms with Crippen molar-refractivity contribution in [2.45, 2.75) is 69.4 Å². The molecule has 2 saturated heterocycles. The number of ether oxygens (including phenoxy) is 1. The highest BCUT2D eigenvalue weighted by Gasteiger charge is 2.38. The summed E-state index contributed by atoms with van der Waals surface area (Å²) in [5.41, 5.74) is 0.252. The van der Waals surface area contributed by atoms with Crippen molar-refractivity contribution in [3.8, 4) is 0 Å². The van der Waals surface area contributed by atoms with Crippen LogP contribution in [0.5, 0.6) is 0 Å². The molecule has 3 heteroatoms. The van der Waals surface area contributed by atoms with Crippen LogP contribution in [-0.2, 0) is 4.74 Å². The van der Waals surface area contributed by atoms with E-state index in [2.05, 4.69) is 10.2 Å². The molecule has 0 radical (unpaired) electrons. The Kier molecular flexibility index (Phi) is 4.78. The maximum Gasteiger partial charge on any atom is 0.0697 e. The van der Waals surface area contributed by atoms with E-state index in [0.717, 1.165) is 6.61 Å². The number of hydrogen-bond acceptors (Lipinski definition) is 3. The number of nitrogens with zero attached hydrogens (tertiary/aromatic N) is 1. The molecule has 1 saturated carbocycles. The van der Waals surface area contributed by atoms with Gasteiger partial charge in [0.25, 0.3) is 0 Å². The fourth-order valence-electron chi connectivity index (χ4n) is 4.18. The van der Waals surface area contributed by atoms with Gasteiger partial charge in [0.2, 0.25) is 0 Å². The average Bonchev–Trinajstić information content (AvgIpc) is 2.93. The molecule has 2 aliphatic heterocycles. The van der Waals surface area contributed by atoms with Crippen LogP contribution in [-0.4, -0.2) is 49.3 Å². The van der Waals surface area contributed by atoms with Gasteiger partial charge in [-0.3, -0.25) is 0 Å². The van der Waals surface area contributed by atoms with Crippen molar-refractivity contribution in [1.82, 2.24) is 10.2 Å². The fraction of sp³-hybridized carbons (Fsp3) is 1.00. The van der Waals surface area contributed by atoms with Gasteiger partial charge in [-0.2, -0.15) is 0 Å². The Hall–Kier alpha value is -0.120. The zero-order valence-electron chi connectivity index (χ0n) is 12.3. The first-order valence-corrected chi connectivity index (χ1v) is 8.46. The molecule has 2 heterocycles. The highest BCUT2D eigenvalue weighted by molar-refractivity contribution is 4.92. The molecule has 1 unspecified atom stereocenters. The van der Waals surface area contributed by atoms with Gasteiger partial charge >= 0.3 is 0 Å². The lowest BCUT2D eigenvalue weighted by Gasteiger charge is -2.43. The number of hydrogen-bond donors (Lipinski definition) is 1. The normalized spacial score (nSPS) is 31.9. The van der Waals surface area contributed by atoms with Crippen LogP contribution in [0.1, 0.15) is 57.8 Å². The Morgan fingerprint density at radius 1 is 1.05 bits per heavy atom. The van der Waals surface area contributed by atoms with Crippen LogP contribution in [0.25, 0.3) is 0 Å². The molecular formula is C16H30N2O. The van der Waals surface area contributed by atoms with Crippen LogP contribution >= 0.6 is 0 Å². The predicted molar refractivity (Wildman–Crippen MR) is 78.5 cm³/mol. The van der Waals surface area contributed by atoms with Crippen molar-refractivity contribution in [3.63, 3.8) is 0 Å². The second-order valence-electron chi connectivity index (χ2n) is 6.78. The summed E-state index contributed by atoms with van der Waals surface area (Å²) in [5.74, 6) is 0. The standard InChI is InChI=1S/C16H30N2O/c1-2-7-16(8-3-1)14-15(6-13-19-16)17-9-12-18-10-4-5-11-18/h15,17H,1-14H2. The van der Waals surface area contributed by atoms with Crippen molar-refractivity contribution in [2.75, 3.05) is 32.8 Å². The quantitative estimate of drug-likeness (QED) is 0.846. The Balaban J connectivity index is 1.40. The van der Waals surface area contributed by atoms with Crippen molar-refractivity contribution >= 4 is 0 Å².